The lowest BCUT2D eigenvalue weighted by Crippen LogP contribution is -2.43. The number of furan rings is 1. The number of esters is 1. The number of nitrogens with zero attached hydrogens (tertiary/aromatic N) is 1. The van der Waals surface area contributed by atoms with Crippen molar-refractivity contribution in [1.29, 1.82) is 0 Å². The smallest absolute Gasteiger partial charge is 0.339 e. The third kappa shape index (κ3) is 4.25. The molecule has 1 aliphatic carbocycles. The summed E-state index contributed by atoms with van der Waals surface area (Å²) in [6.07, 6.45) is 4.70. The number of para-hydroxylation sites is 1. The summed E-state index contributed by atoms with van der Waals surface area (Å²) in [5.41, 5.74) is 3.56. The van der Waals surface area contributed by atoms with E-state index in [1.807, 2.05) is 42.5 Å². The monoisotopic (exact) mass is 433 g/mol. The van der Waals surface area contributed by atoms with Crippen LogP contribution in [-0.4, -0.2) is 36.0 Å². The molecule has 0 spiro atoms. The van der Waals surface area contributed by atoms with Crippen LogP contribution in [0.5, 0.6) is 0 Å². The van der Waals surface area contributed by atoms with Gasteiger partial charge in [-0.05, 0) is 61.6 Å². The van der Waals surface area contributed by atoms with Gasteiger partial charge in [0.05, 0.1) is 23.0 Å². The molecule has 0 saturated heterocycles. The van der Waals surface area contributed by atoms with Crippen molar-refractivity contribution in [2.75, 3.05) is 7.05 Å². The molecule has 0 radical (unpaired) electrons. The van der Waals surface area contributed by atoms with E-state index in [4.69, 9.17) is 14.1 Å². The summed E-state index contributed by atoms with van der Waals surface area (Å²) in [5, 5.41) is 5.07. The standard InChI is InChI=1S/C24H23N3O5/c1-14(22(28)27-24(30)25-2)32-23(29)20-17-9-3-4-11-19(17)26-21-15(7-5-10-18(20)21)13-16-8-6-12-31-16/h3-4,6,8-9,11-14H,5,7,10H2,1-2H3,(H2,25,27,28,30)/b15-13-/t14-/m1/s1. The van der Waals surface area contributed by atoms with Gasteiger partial charge in [0, 0.05) is 12.4 Å². The van der Waals surface area contributed by atoms with Crippen molar-refractivity contribution < 1.29 is 23.5 Å². The van der Waals surface area contributed by atoms with Gasteiger partial charge in [-0.3, -0.25) is 10.1 Å². The summed E-state index contributed by atoms with van der Waals surface area (Å²) in [6, 6.07) is 10.4. The van der Waals surface area contributed by atoms with Crippen LogP contribution < -0.4 is 10.6 Å². The highest BCUT2D eigenvalue weighted by molar-refractivity contribution is 6.07. The number of carbonyl (C=O) groups is 3. The summed E-state index contributed by atoms with van der Waals surface area (Å²) < 4.78 is 10.9. The van der Waals surface area contributed by atoms with Crippen LogP contribution in [-0.2, 0) is 16.0 Å². The summed E-state index contributed by atoms with van der Waals surface area (Å²) >= 11 is 0. The van der Waals surface area contributed by atoms with Crippen LogP contribution in [0, 0.1) is 0 Å². The minimum absolute atomic E-state index is 0.398. The summed E-state index contributed by atoms with van der Waals surface area (Å²) in [4.78, 5) is 41.7. The number of hydrogen-bond donors (Lipinski definition) is 2. The number of urea groups is 1. The van der Waals surface area contributed by atoms with Crippen molar-refractivity contribution in [2.45, 2.75) is 32.3 Å². The second kappa shape index (κ2) is 9.05. The number of fused-ring (bicyclic) bond motifs is 2. The van der Waals surface area contributed by atoms with Crippen molar-refractivity contribution in [3.8, 4) is 0 Å². The molecule has 2 N–H and O–H groups in total. The van der Waals surface area contributed by atoms with Gasteiger partial charge >= 0.3 is 12.0 Å². The maximum atomic E-state index is 13.3. The topological polar surface area (TPSA) is 111 Å². The van der Waals surface area contributed by atoms with Crippen LogP contribution >= 0.6 is 0 Å². The van der Waals surface area contributed by atoms with E-state index in [-0.39, 0.29) is 0 Å². The highest BCUT2D eigenvalue weighted by Crippen LogP contribution is 2.36. The van der Waals surface area contributed by atoms with Gasteiger partial charge in [-0.15, -0.1) is 0 Å². The first-order valence-corrected chi connectivity index (χ1v) is 10.4. The molecule has 1 atom stereocenters. The zero-order valence-electron chi connectivity index (χ0n) is 17.8. The van der Waals surface area contributed by atoms with Crippen LogP contribution in [0.4, 0.5) is 4.79 Å². The maximum Gasteiger partial charge on any atom is 0.339 e. The minimum Gasteiger partial charge on any atom is -0.465 e. The molecule has 2 aromatic heterocycles. The molecule has 0 aliphatic heterocycles. The van der Waals surface area contributed by atoms with E-state index in [0.29, 0.717) is 28.6 Å². The summed E-state index contributed by atoms with van der Waals surface area (Å²) in [5.74, 6) is -0.617. The molecule has 4 rings (SSSR count). The maximum absolute atomic E-state index is 13.3. The second-order valence-electron chi connectivity index (χ2n) is 7.49. The molecule has 0 unspecified atom stereocenters. The predicted molar refractivity (Wildman–Crippen MR) is 119 cm³/mol. The lowest BCUT2D eigenvalue weighted by Gasteiger charge is -2.23. The van der Waals surface area contributed by atoms with Crippen LogP contribution in [0.15, 0.2) is 47.1 Å². The fourth-order valence-corrected chi connectivity index (χ4v) is 3.80. The first-order chi connectivity index (χ1) is 15.5. The largest absolute Gasteiger partial charge is 0.465 e. The van der Waals surface area contributed by atoms with Crippen LogP contribution in [0.3, 0.4) is 0 Å². The SMILES string of the molecule is CNC(=O)NC(=O)[C@@H](C)OC(=O)c1c2c(nc3ccccc13)/C(=C\c1ccco1)CCC2. The lowest BCUT2D eigenvalue weighted by atomic mass is 9.86. The Morgan fingerprint density at radius 3 is 2.72 bits per heavy atom. The van der Waals surface area contributed by atoms with Crippen molar-refractivity contribution >= 4 is 40.5 Å². The number of imide groups is 1. The van der Waals surface area contributed by atoms with Crippen LogP contribution in [0.25, 0.3) is 22.6 Å². The number of benzene rings is 1. The van der Waals surface area contributed by atoms with Gasteiger partial charge in [-0.2, -0.15) is 0 Å². The van der Waals surface area contributed by atoms with Gasteiger partial charge in [0.25, 0.3) is 5.91 Å². The fraction of sp³-hybridized carbons (Fsp3) is 0.250. The Kier molecular flexibility index (Phi) is 6.02. The molecule has 164 valence electrons. The third-order valence-electron chi connectivity index (χ3n) is 5.35. The number of carbonyl (C=O) groups excluding carboxylic acids is 3. The summed E-state index contributed by atoms with van der Waals surface area (Å²) in [6.45, 7) is 1.42. The van der Waals surface area contributed by atoms with Crippen molar-refractivity contribution in [3.63, 3.8) is 0 Å². The molecule has 0 fully saturated rings. The van der Waals surface area contributed by atoms with E-state index >= 15 is 0 Å². The first kappa shape index (κ1) is 21.3. The highest BCUT2D eigenvalue weighted by Gasteiger charge is 2.28. The molecule has 8 nitrogen and oxygen atoms in total. The summed E-state index contributed by atoms with van der Waals surface area (Å²) in [7, 11) is 1.39. The van der Waals surface area contributed by atoms with Crippen molar-refractivity contribution in [1.82, 2.24) is 15.6 Å². The Balaban J connectivity index is 1.75. The van der Waals surface area contributed by atoms with Crippen LogP contribution in [0.2, 0.25) is 0 Å². The van der Waals surface area contributed by atoms with E-state index in [0.717, 1.165) is 29.7 Å². The van der Waals surface area contributed by atoms with Crippen molar-refractivity contribution in [3.05, 3.63) is 65.2 Å². The molecule has 3 aromatic rings. The number of aromatic nitrogens is 1. The Bertz CT molecular complexity index is 1210. The fourth-order valence-electron chi connectivity index (χ4n) is 3.80. The quantitative estimate of drug-likeness (QED) is 0.607. The molecule has 0 bridgehead atoms. The molecule has 1 aromatic carbocycles. The van der Waals surface area contributed by atoms with E-state index in [2.05, 4.69) is 10.6 Å². The van der Waals surface area contributed by atoms with Gasteiger partial charge in [-0.1, -0.05) is 18.2 Å². The number of pyridine rings is 1. The average molecular weight is 433 g/mol. The average Bonchev–Trinajstić information content (AvgIpc) is 3.30. The highest BCUT2D eigenvalue weighted by atomic mass is 16.5. The molecule has 1 aliphatic rings. The van der Waals surface area contributed by atoms with Gasteiger partial charge in [-0.25, -0.2) is 14.6 Å². The van der Waals surface area contributed by atoms with Gasteiger partial charge in [0.1, 0.15) is 5.76 Å². The molecule has 2 heterocycles. The lowest BCUT2D eigenvalue weighted by molar-refractivity contribution is -0.127. The predicted octanol–water partition coefficient (Wildman–Crippen LogP) is 3.71. The molecule has 8 heteroatoms. The molecular weight excluding hydrogens is 410 g/mol. The van der Waals surface area contributed by atoms with Gasteiger partial charge in [0.15, 0.2) is 6.10 Å². The first-order valence-electron chi connectivity index (χ1n) is 10.4. The van der Waals surface area contributed by atoms with Crippen molar-refractivity contribution in [2.24, 2.45) is 0 Å². The molecule has 32 heavy (non-hydrogen) atoms. The minimum atomic E-state index is -1.15. The zero-order valence-corrected chi connectivity index (χ0v) is 17.8. The Morgan fingerprint density at radius 2 is 1.97 bits per heavy atom. The van der Waals surface area contributed by atoms with E-state index in [1.54, 1.807) is 6.26 Å². The molecule has 0 saturated carbocycles. The second-order valence-corrected chi connectivity index (χ2v) is 7.49. The van der Waals surface area contributed by atoms with E-state index in [1.165, 1.54) is 14.0 Å². The van der Waals surface area contributed by atoms with Gasteiger partial charge < -0.3 is 14.5 Å². The number of nitrogens with one attached hydrogen (secondary N) is 2. The Hall–Kier alpha value is -3.94. The number of ether oxygens (including phenoxy) is 1. The van der Waals surface area contributed by atoms with Gasteiger partial charge in [0.2, 0.25) is 0 Å². The normalized spacial score (nSPS) is 15.1. The number of amides is 3. The van der Waals surface area contributed by atoms with E-state index in [9.17, 15) is 14.4 Å². The Labute approximate surface area is 184 Å². The third-order valence-corrected chi connectivity index (χ3v) is 5.35. The number of hydrogen-bond acceptors (Lipinski definition) is 6. The zero-order chi connectivity index (χ0) is 22.7. The van der Waals surface area contributed by atoms with E-state index < -0.39 is 24.0 Å². The molecule has 3 amide bonds. The number of allylic oxidation sites excluding steroid dienone is 1. The molecular formula is C24H23N3O5. The van der Waals surface area contributed by atoms with Crippen LogP contribution in [0.1, 0.15) is 47.1 Å². The number of rotatable bonds is 4. The Morgan fingerprint density at radius 1 is 1.16 bits per heavy atom.